The molecule has 160 valence electrons. The van der Waals surface area contributed by atoms with Gasteiger partial charge < -0.3 is 19.3 Å². The smallest absolute Gasteiger partial charge is 0.260 e. The molecule has 30 heavy (non-hydrogen) atoms. The summed E-state index contributed by atoms with van der Waals surface area (Å²) in [6.45, 7) is 6.80. The maximum Gasteiger partial charge on any atom is 0.260 e. The van der Waals surface area contributed by atoms with Gasteiger partial charge in [-0.3, -0.25) is 9.59 Å². The summed E-state index contributed by atoms with van der Waals surface area (Å²) in [5.41, 5.74) is 2.33. The van der Waals surface area contributed by atoms with Crippen molar-refractivity contribution in [2.24, 2.45) is 0 Å². The first-order chi connectivity index (χ1) is 14.5. The number of hydrogen-bond donors (Lipinski definition) is 0. The molecule has 0 saturated carbocycles. The molecule has 1 aliphatic rings. The molecule has 0 bridgehead atoms. The van der Waals surface area contributed by atoms with Crippen LogP contribution in [0.25, 0.3) is 0 Å². The number of benzene rings is 2. The molecular weight excluding hydrogens is 380 g/mol. The van der Waals surface area contributed by atoms with Gasteiger partial charge in [-0.05, 0) is 55.7 Å². The highest BCUT2D eigenvalue weighted by Gasteiger charge is 2.22. The first-order valence-electron chi connectivity index (χ1n) is 10.5. The predicted octanol–water partition coefficient (Wildman–Crippen LogP) is 3.21. The van der Waals surface area contributed by atoms with Crippen molar-refractivity contribution in [2.75, 3.05) is 39.4 Å². The second kappa shape index (κ2) is 10.7. The molecular formula is C24H30N2O4. The zero-order chi connectivity index (χ0) is 21.3. The first-order valence-corrected chi connectivity index (χ1v) is 10.5. The van der Waals surface area contributed by atoms with Crippen molar-refractivity contribution in [3.8, 4) is 11.5 Å². The van der Waals surface area contributed by atoms with Crippen LogP contribution in [0, 0.1) is 13.8 Å². The third-order valence-corrected chi connectivity index (χ3v) is 5.37. The van der Waals surface area contributed by atoms with Crippen molar-refractivity contribution in [3.05, 3.63) is 59.7 Å². The Bertz CT molecular complexity index is 854. The summed E-state index contributed by atoms with van der Waals surface area (Å²) >= 11 is 0. The minimum absolute atomic E-state index is 0.0152. The molecule has 2 aromatic carbocycles. The summed E-state index contributed by atoms with van der Waals surface area (Å²) < 4.78 is 11.3. The average Bonchev–Trinajstić information content (AvgIpc) is 3.01. The highest BCUT2D eigenvalue weighted by molar-refractivity contribution is 5.78. The Morgan fingerprint density at radius 3 is 2.20 bits per heavy atom. The molecule has 1 saturated heterocycles. The van der Waals surface area contributed by atoms with E-state index < -0.39 is 0 Å². The summed E-state index contributed by atoms with van der Waals surface area (Å²) in [7, 11) is 0. The standard InChI is InChI=1S/C24H30N2O4/c1-19-9-10-22(17-20(19)2)30-18-24(28)26-13-6-12-25(14-15-26)23(27)11-16-29-21-7-4-3-5-8-21/h3-5,7-10,17H,6,11-16,18H2,1-2H3. The van der Waals surface area contributed by atoms with Crippen molar-refractivity contribution in [1.29, 1.82) is 0 Å². The van der Waals surface area contributed by atoms with E-state index in [-0.39, 0.29) is 18.4 Å². The molecule has 2 amide bonds. The number of aryl methyl sites for hydroxylation is 2. The molecule has 2 aromatic rings. The van der Waals surface area contributed by atoms with Crippen LogP contribution in [0.15, 0.2) is 48.5 Å². The molecule has 6 heteroatoms. The van der Waals surface area contributed by atoms with Crippen LogP contribution in [0.4, 0.5) is 0 Å². The zero-order valence-corrected chi connectivity index (χ0v) is 17.8. The summed E-state index contributed by atoms with van der Waals surface area (Å²) in [5.74, 6) is 1.49. The van der Waals surface area contributed by atoms with Crippen molar-refractivity contribution < 1.29 is 19.1 Å². The molecule has 1 heterocycles. The third-order valence-electron chi connectivity index (χ3n) is 5.37. The van der Waals surface area contributed by atoms with Gasteiger partial charge in [-0.25, -0.2) is 0 Å². The Balaban J connectivity index is 1.41. The maximum absolute atomic E-state index is 12.6. The van der Waals surface area contributed by atoms with Gasteiger partial charge in [-0.15, -0.1) is 0 Å². The molecule has 3 rings (SSSR count). The van der Waals surface area contributed by atoms with Crippen LogP contribution in [0.3, 0.4) is 0 Å². The Morgan fingerprint density at radius 1 is 0.800 bits per heavy atom. The van der Waals surface area contributed by atoms with E-state index in [0.717, 1.165) is 17.7 Å². The quantitative estimate of drug-likeness (QED) is 0.703. The second-order valence-corrected chi connectivity index (χ2v) is 7.56. The van der Waals surface area contributed by atoms with Crippen molar-refractivity contribution in [1.82, 2.24) is 9.80 Å². The lowest BCUT2D eigenvalue weighted by atomic mass is 10.1. The van der Waals surface area contributed by atoms with Gasteiger partial charge in [0, 0.05) is 26.2 Å². The molecule has 0 aliphatic carbocycles. The van der Waals surface area contributed by atoms with Gasteiger partial charge in [0.05, 0.1) is 13.0 Å². The fourth-order valence-electron chi connectivity index (χ4n) is 3.39. The molecule has 1 aliphatic heterocycles. The molecule has 0 unspecified atom stereocenters. The molecule has 0 radical (unpaired) electrons. The van der Waals surface area contributed by atoms with E-state index in [2.05, 4.69) is 0 Å². The van der Waals surface area contributed by atoms with E-state index in [0.29, 0.717) is 45.0 Å². The lowest BCUT2D eigenvalue weighted by molar-refractivity contribution is -0.135. The van der Waals surface area contributed by atoms with E-state index >= 15 is 0 Å². The first kappa shape index (κ1) is 21.7. The molecule has 0 aromatic heterocycles. The van der Waals surface area contributed by atoms with Gasteiger partial charge >= 0.3 is 0 Å². The summed E-state index contributed by atoms with van der Waals surface area (Å²) in [5, 5.41) is 0. The Morgan fingerprint density at radius 2 is 1.50 bits per heavy atom. The Kier molecular flexibility index (Phi) is 7.71. The molecule has 0 spiro atoms. The van der Waals surface area contributed by atoms with Crippen LogP contribution >= 0.6 is 0 Å². The number of rotatable bonds is 7. The van der Waals surface area contributed by atoms with Crippen molar-refractivity contribution in [3.63, 3.8) is 0 Å². The van der Waals surface area contributed by atoms with Gasteiger partial charge in [0.2, 0.25) is 5.91 Å². The highest BCUT2D eigenvalue weighted by atomic mass is 16.5. The number of carbonyl (C=O) groups excluding carboxylic acids is 2. The molecule has 6 nitrogen and oxygen atoms in total. The fraction of sp³-hybridized carbons (Fsp3) is 0.417. The van der Waals surface area contributed by atoms with Crippen LogP contribution in [-0.4, -0.2) is 61.0 Å². The van der Waals surface area contributed by atoms with Crippen LogP contribution in [-0.2, 0) is 9.59 Å². The number of hydrogen-bond acceptors (Lipinski definition) is 4. The minimum atomic E-state index is -0.0464. The summed E-state index contributed by atoms with van der Waals surface area (Å²) in [6.07, 6.45) is 1.10. The number of amides is 2. The van der Waals surface area contributed by atoms with Crippen LogP contribution < -0.4 is 9.47 Å². The second-order valence-electron chi connectivity index (χ2n) is 7.56. The zero-order valence-electron chi connectivity index (χ0n) is 17.8. The third kappa shape index (κ3) is 6.24. The normalized spacial score (nSPS) is 14.2. The monoisotopic (exact) mass is 410 g/mol. The fourth-order valence-corrected chi connectivity index (χ4v) is 3.39. The van der Waals surface area contributed by atoms with Crippen molar-refractivity contribution in [2.45, 2.75) is 26.7 Å². The van der Waals surface area contributed by atoms with Crippen LogP contribution in [0.1, 0.15) is 24.0 Å². The van der Waals surface area contributed by atoms with E-state index in [1.807, 2.05) is 67.3 Å². The van der Waals surface area contributed by atoms with Gasteiger partial charge in [-0.2, -0.15) is 0 Å². The van der Waals surface area contributed by atoms with E-state index in [1.165, 1.54) is 5.56 Å². The van der Waals surface area contributed by atoms with Gasteiger partial charge in [0.25, 0.3) is 5.91 Å². The SMILES string of the molecule is Cc1ccc(OCC(=O)N2CCCN(C(=O)CCOc3ccccc3)CC2)cc1C. The van der Waals surface area contributed by atoms with Gasteiger partial charge in [0.15, 0.2) is 6.61 Å². The van der Waals surface area contributed by atoms with E-state index in [4.69, 9.17) is 9.47 Å². The van der Waals surface area contributed by atoms with Crippen LogP contribution in [0.2, 0.25) is 0 Å². The lowest BCUT2D eigenvalue weighted by Crippen LogP contribution is -2.39. The number of para-hydroxylation sites is 1. The number of ether oxygens (including phenoxy) is 2. The molecule has 1 fully saturated rings. The van der Waals surface area contributed by atoms with Crippen molar-refractivity contribution >= 4 is 11.8 Å². The van der Waals surface area contributed by atoms with E-state index in [9.17, 15) is 9.59 Å². The van der Waals surface area contributed by atoms with Crippen LogP contribution in [0.5, 0.6) is 11.5 Å². The van der Waals surface area contributed by atoms with E-state index in [1.54, 1.807) is 4.90 Å². The summed E-state index contributed by atoms with van der Waals surface area (Å²) in [4.78, 5) is 28.7. The lowest BCUT2D eigenvalue weighted by Gasteiger charge is -2.22. The Labute approximate surface area is 178 Å². The molecule has 0 atom stereocenters. The number of nitrogens with zero attached hydrogens (tertiary/aromatic N) is 2. The highest BCUT2D eigenvalue weighted by Crippen LogP contribution is 2.16. The Hall–Kier alpha value is -3.02. The largest absolute Gasteiger partial charge is 0.493 e. The van der Waals surface area contributed by atoms with Gasteiger partial charge in [-0.1, -0.05) is 24.3 Å². The number of carbonyl (C=O) groups is 2. The maximum atomic E-state index is 12.6. The topological polar surface area (TPSA) is 59.1 Å². The average molecular weight is 411 g/mol. The van der Waals surface area contributed by atoms with Gasteiger partial charge in [0.1, 0.15) is 11.5 Å². The molecule has 0 N–H and O–H groups in total. The minimum Gasteiger partial charge on any atom is -0.493 e. The summed E-state index contributed by atoms with van der Waals surface area (Å²) in [6, 6.07) is 15.3. The predicted molar refractivity (Wildman–Crippen MR) is 116 cm³/mol.